The van der Waals surface area contributed by atoms with Crippen molar-refractivity contribution in [3.8, 4) is 11.7 Å². The maximum absolute atomic E-state index is 5.24. The summed E-state index contributed by atoms with van der Waals surface area (Å²) in [4.78, 5) is 13.4. The first-order valence-electron chi connectivity index (χ1n) is 9.84. The number of hydrogen-bond donors (Lipinski definition) is 0. The number of ether oxygens (including phenoxy) is 1. The van der Waals surface area contributed by atoms with E-state index in [1.807, 2.05) is 25.3 Å². The highest BCUT2D eigenvalue weighted by Gasteiger charge is 2.16. The van der Waals surface area contributed by atoms with Gasteiger partial charge in [0.2, 0.25) is 0 Å². The highest BCUT2D eigenvalue weighted by atomic mass is 35.5. The zero-order valence-electron chi connectivity index (χ0n) is 17.3. The summed E-state index contributed by atoms with van der Waals surface area (Å²) in [5.74, 6) is 1.49. The van der Waals surface area contributed by atoms with E-state index in [0.29, 0.717) is 5.95 Å². The van der Waals surface area contributed by atoms with Gasteiger partial charge in [-0.05, 0) is 37.3 Å². The molecule has 3 aromatic rings. The average molecular weight is 427 g/mol. The van der Waals surface area contributed by atoms with E-state index in [9.17, 15) is 0 Å². The molecule has 4 rings (SSSR count). The number of benzene rings is 1. The second kappa shape index (κ2) is 10.2. The van der Waals surface area contributed by atoms with Gasteiger partial charge in [-0.25, -0.2) is 14.6 Å². The lowest BCUT2D eigenvalue weighted by molar-refractivity contribution is 0.284. The van der Waals surface area contributed by atoms with E-state index in [-0.39, 0.29) is 12.4 Å². The van der Waals surface area contributed by atoms with Crippen molar-refractivity contribution in [2.45, 2.75) is 6.92 Å². The van der Waals surface area contributed by atoms with Gasteiger partial charge in [-0.1, -0.05) is 12.2 Å². The largest absolute Gasteiger partial charge is 0.497 e. The number of halogens is 1. The van der Waals surface area contributed by atoms with Crippen LogP contribution in [0.15, 0.2) is 55.0 Å². The van der Waals surface area contributed by atoms with Crippen LogP contribution in [-0.4, -0.2) is 64.5 Å². The molecule has 0 atom stereocenters. The van der Waals surface area contributed by atoms with Gasteiger partial charge in [-0.3, -0.25) is 4.90 Å². The molecule has 1 aromatic carbocycles. The number of anilines is 1. The maximum Gasteiger partial charge on any atom is 0.250 e. The minimum atomic E-state index is 0. The Kier molecular flexibility index (Phi) is 7.43. The number of aromatic nitrogens is 4. The zero-order valence-corrected chi connectivity index (χ0v) is 18.1. The van der Waals surface area contributed by atoms with E-state index in [1.54, 1.807) is 30.3 Å². The molecule has 7 nitrogen and oxygen atoms in total. The van der Waals surface area contributed by atoms with Gasteiger partial charge in [0.05, 0.1) is 19.0 Å². The number of rotatable bonds is 6. The van der Waals surface area contributed by atoms with Gasteiger partial charge in [0.1, 0.15) is 5.75 Å². The number of hydrogen-bond acceptors (Lipinski definition) is 6. The van der Waals surface area contributed by atoms with Crippen LogP contribution in [0, 0.1) is 6.92 Å². The van der Waals surface area contributed by atoms with Crippen LogP contribution in [0.3, 0.4) is 0 Å². The maximum atomic E-state index is 5.24. The lowest BCUT2D eigenvalue weighted by Gasteiger charge is -2.35. The molecule has 1 saturated heterocycles. The van der Waals surface area contributed by atoms with E-state index >= 15 is 0 Å². The minimum absolute atomic E-state index is 0. The Bertz CT molecular complexity index is 950. The summed E-state index contributed by atoms with van der Waals surface area (Å²) in [7, 11) is 1.70. The number of methoxy groups -OCH3 is 1. The van der Waals surface area contributed by atoms with Crippen LogP contribution in [0.1, 0.15) is 11.3 Å². The molecule has 0 N–H and O–H groups in total. The topological polar surface area (TPSA) is 59.3 Å². The number of piperazine rings is 1. The smallest absolute Gasteiger partial charge is 0.250 e. The number of nitrogens with zero attached hydrogens (tertiary/aromatic N) is 6. The molecule has 0 spiro atoms. The quantitative estimate of drug-likeness (QED) is 0.603. The third kappa shape index (κ3) is 4.98. The van der Waals surface area contributed by atoms with E-state index < -0.39 is 0 Å². The van der Waals surface area contributed by atoms with Crippen molar-refractivity contribution in [1.29, 1.82) is 0 Å². The molecule has 3 heterocycles. The molecule has 158 valence electrons. The van der Waals surface area contributed by atoms with Gasteiger partial charge in [0.25, 0.3) is 5.95 Å². The van der Waals surface area contributed by atoms with Crippen LogP contribution in [0.2, 0.25) is 0 Å². The first kappa shape index (κ1) is 21.8. The normalized spacial score (nSPS) is 14.7. The first-order chi connectivity index (χ1) is 14.2. The van der Waals surface area contributed by atoms with Crippen LogP contribution in [0.4, 0.5) is 5.69 Å². The molecule has 0 radical (unpaired) electrons. The van der Waals surface area contributed by atoms with Crippen LogP contribution in [0.25, 0.3) is 12.0 Å². The fourth-order valence-corrected chi connectivity index (χ4v) is 3.50. The van der Waals surface area contributed by atoms with Crippen molar-refractivity contribution in [2.24, 2.45) is 0 Å². The molecule has 8 heteroatoms. The highest BCUT2D eigenvalue weighted by molar-refractivity contribution is 5.85. The lowest BCUT2D eigenvalue weighted by atomic mass is 10.2. The predicted octanol–water partition coefficient (Wildman–Crippen LogP) is 3.24. The summed E-state index contributed by atoms with van der Waals surface area (Å²) in [5, 5.41) is 4.42. The van der Waals surface area contributed by atoms with Gasteiger partial charge in [-0.2, -0.15) is 5.10 Å². The van der Waals surface area contributed by atoms with Gasteiger partial charge in [0.15, 0.2) is 0 Å². The predicted molar refractivity (Wildman–Crippen MR) is 122 cm³/mol. The Balaban J connectivity index is 0.00000256. The zero-order chi connectivity index (χ0) is 20.1. The Labute approximate surface area is 183 Å². The second-order valence-electron chi connectivity index (χ2n) is 7.03. The van der Waals surface area contributed by atoms with E-state index in [4.69, 9.17) is 4.74 Å². The fraction of sp³-hybridized carbons (Fsp3) is 0.318. The molecular weight excluding hydrogens is 400 g/mol. The molecule has 0 unspecified atom stereocenters. The monoisotopic (exact) mass is 426 g/mol. The highest BCUT2D eigenvalue weighted by Crippen LogP contribution is 2.20. The van der Waals surface area contributed by atoms with Crippen molar-refractivity contribution < 1.29 is 4.74 Å². The summed E-state index contributed by atoms with van der Waals surface area (Å²) in [6.45, 7) is 7.13. The summed E-state index contributed by atoms with van der Waals surface area (Å²) in [6.07, 6.45) is 9.67. The molecule has 0 aliphatic carbocycles. The van der Waals surface area contributed by atoms with Crippen molar-refractivity contribution in [3.05, 3.63) is 66.3 Å². The molecule has 0 bridgehead atoms. The van der Waals surface area contributed by atoms with E-state index in [0.717, 1.165) is 49.7 Å². The van der Waals surface area contributed by atoms with Crippen LogP contribution < -0.4 is 9.64 Å². The molecule has 1 aliphatic heterocycles. The summed E-state index contributed by atoms with van der Waals surface area (Å²) < 4.78 is 7.01. The van der Waals surface area contributed by atoms with Gasteiger partial charge in [0, 0.05) is 56.4 Å². The van der Waals surface area contributed by atoms with Gasteiger partial charge < -0.3 is 9.64 Å². The summed E-state index contributed by atoms with van der Waals surface area (Å²) in [6, 6.07) is 10.1. The summed E-state index contributed by atoms with van der Waals surface area (Å²) in [5.41, 5.74) is 3.39. The second-order valence-corrected chi connectivity index (χ2v) is 7.03. The van der Waals surface area contributed by atoms with Crippen molar-refractivity contribution in [2.75, 3.05) is 44.7 Å². The standard InChI is InChI=1S/C22H26N6O.ClH/c1-18-19(17-25-28(18)22-23-10-4-11-24-22)5-3-12-26-13-15-27(16-14-26)20-6-8-21(29-2)9-7-20;/h3-11,17H,12-16H2,1-2H3;1H/b5-3+;. The van der Waals surface area contributed by atoms with E-state index in [1.165, 1.54) is 5.69 Å². The fourth-order valence-electron chi connectivity index (χ4n) is 3.50. The van der Waals surface area contributed by atoms with Crippen molar-refractivity contribution in [3.63, 3.8) is 0 Å². The van der Waals surface area contributed by atoms with Crippen molar-refractivity contribution >= 4 is 24.2 Å². The molecule has 1 aliphatic rings. The summed E-state index contributed by atoms with van der Waals surface area (Å²) >= 11 is 0. The lowest BCUT2D eigenvalue weighted by Crippen LogP contribution is -2.46. The molecule has 1 fully saturated rings. The third-order valence-electron chi connectivity index (χ3n) is 5.26. The molecule has 0 amide bonds. The van der Waals surface area contributed by atoms with Crippen LogP contribution in [0.5, 0.6) is 5.75 Å². The van der Waals surface area contributed by atoms with E-state index in [2.05, 4.69) is 49.2 Å². The van der Waals surface area contributed by atoms with Crippen molar-refractivity contribution in [1.82, 2.24) is 24.6 Å². The van der Waals surface area contributed by atoms with Gasteiger partial charge in [-0.15, -0.1) is 12.4 Å². The average Bonchev–Trinajstić information content (AvgIpc) is 3.15. The Morgan fingerprint density at radius 1 is 1.03 bits per heavy atom. The first-order valence-corrected chi connectivity index (χ1v) is 9.84. The van der Waals surface area contributed by atoms with Crippen LogP contribution >= 0.6 is 12.4 Å². The SMILES string of the molecule is COc1ccc(N2CCN(C/C=C/c3cnn(-c4ncccn4)c3C)CC2)cc1.Cl. The molecular formula is C22H27ClN6O. The molecule has 0 saturated carbocycles. The Morgan fingerprint density at radius 2 is 1.73 bits per heavy atom. The minimum Gasteiger partial charge on any atom is -0.497 e. The van der Waals surface area contributed by atoms with Crippen LogP contribution in [-0.2, 0) is 0 Å². The Hall–Kier alpha value is -2.90. The molecule has 30 heavy (non-hydrogen) atoms. The Morgan fingerprint density at radius 3 is 2.40 bits per heavy atom. The van der Waals surface area contributed by atoms with Gasteiger partial charge >= 0.3 is 0 Å². The third-order valence-corrected chi connectivity index (χ3v) is 5.26. The molecule has 2 aromatic heterocycles.